The molecule has 0 fully saturated rings. The molecule has 0 radical (unpaired) electrons. The van der Waals surface area contributed by atoms with Crippen molar-refractivity contribution in [3.8, 4) is 0 Å². The van der Waals surface area contributed by atoms with Crippen LogP contribution >= 0.6 is 0 Å². The maximum atomic E-state index is 4.98. The van der Waals surface area contributed by atoms with Crippen LogP contribution < -0.4 is 10.6 Å². The molecule has 0 aliphatic rings. The second-order valence-corrected chi connectivity index (χ2v) is 3.05. The Hall–Kier alpha value is -0.810. The Morgan fingerprint density at radius 1 is 1.43 bits per heavy atom. The minimum Gasteiger partial charge on any atom is -0.383 e. The van der Waals surface area contributed by atoms with Crippen molar-refractivity contribution in [2.45, 2.75) is 0 Å². The summed E-state index contributed by atoms with van der Waals surface area (Å²) in [5, 5.41) is 6.15. The van der Waals surface area contributed by atoms with Crippen molar-refractivity contribution >= 4 is 5.96 Å². The molecular formula is C9H22N4O. The third-order valence-corrected chi connectivity index (χ3v) is 1.92. The van der Waals surface area contributed by atoms with E-state index in [1.54, 1.807) is 14.2 Å². The number of ether oxygens (including phenoxy) is 1. The number of hydrogen-bond donors (Lipinski definition) is 2. The van der Waals surface area contributed by atoms with E-state index >= 15 is 0 Å². The number of methoxy groups -OCH3 is 1. The average molecular weight is 202 g/mol. The van der Waals surface area contributed by atoms with Gasteiger partial charge in [0.15, 0.2) is 5.96 Å². The summed E-state index contributed by atoms with van der Waals surface area (Å²) in [6, 6.07) is 0. The summed E-state index contributed by atoms with van der Waals surface area (Å²) in [6.07, 6.45) is 0. The molecule has 0 aromatic heterocycles. The van der Waals surface area contributed by atoms with E-state index in [0.717, 1.165) is 32.2 Å². The molecule has 0 aliphatic carbocycles. The van der Waals surface area contributed by atoms with Crippen LogP contribution in [0.4, 0.5) is 0 Å². The van der Waals surface area contributed by atoms with Crippen molar-refractivity contribution < 1.29 is 4.74 Å². The highest BCUT2D eigenvalue weighted by molar-refractivity contribution is 5.79. The minimum atomic E-state index is 0.775. The number of guanidine groups is 1. The lowest BCUT2D eigenvalue weighted by Crippen LogP contribution is -2.39. The zero-order valence-corrected chi connectivity index (χ0v) is 9.63. The van der Waals surface area contributed by atoms with E-state index in [9.17, 15) is 0 Å². The first-order valence-corrected chi connectivity index (χ1v) is 4.80. The van der Waals surface area contributed by atoms with Crippen LogP contribution in [0.2, 0.25) is 0 Å². The van der Waals surface area contributed by atoms with Gasteiger partial charge < -0.3 is 20.3 Å². The highest BCUT2D eigenvalue weighted by Crippen LogP contribution is 1.80. The first-order valence-electron chi connectivity index (χ1n) is 4.80. The smallest absolute Gasteiger partial charge is 0.190 e. The van der Waals surface area contributed by atoms with E-state index in [0.29, 0.717) is 0 Å². The van der Waals surface area contributed by atoms with Crippen molar-refractivity contribution in [2.75, 3.05) is 54.5 Å². The molecule has 5 heteroatoms. The van der Waals surface area contributed by atoms with Gasteiger partial charge in [0.2, 0.25) is 0 Å². The van der Waals surface area contributed by atoms with Gasteiger partial charge in [-0.05, 0) is 7.05 Å². The molecule has 5 nitrogen and oxygen atoms in total. The predicted octanol–water partition coefficient (Wildman–Crippen LogP) is -0.641. The van der Waals surface area contributed by atoms with E-state index < -0.39 is 0 Å². The third-order valence-electron chi connectivity index (χ3n) is 1.92. The summed E-state index contributed by atoms with van der Waals surface area (Å²) < 4.78 is 4.98. The molecule has 0 spiro atoms. The first-order chi connectivity index (χ1) is 6.74. The Bertz CT molecular complexity index is 161. The molecule has 0 amide bonds. The number of likely N-dealkylation sites (N-methyl/N-ethyl adjacent to an activating group) is 1. The number of nitrogens with zero attached hydrogens (tertiary/aromatic N) is 2. The van der Waals surface area contributed by atoms with Crippen LogP contribution in [-0.2, 0) is 4.74 Å². The first kappa shape index (κ1) is 13.2. The van der Waals surface area contributed by atoms with Gasteiger partial charge in [0.1, 0.15) is 0 Å². The third kappa shape index (κ3) is 6.68. The summed E-state index contributed by atoms with van der Waals surface area (Å²) in [5.41, 5.74) is 0. The van der Waals surface area contributed by atoms with Crippen molar-refractivity contribution in [1.82, 2.24) is 15.5 Å². The van der Waals surface area contributed by atoms with Gasteiger partial charge in [-0.3, -0.25) is 4.99 Å². The van der Waals surface area contributed by atoms with Crippen LogP contribution in [0.5, 0.6) is 0 Å². The van der Waals surface area contributed by atoms with E-state index in [2.05, 4.69) is 27.6 Å². The molecule has 0 atom stereocenters. The van der Waals surface area contributed by atoms with E-state index in [1.165, 1.54) is 0 Å². The summed E-state index contributed by atoms with van der Waals surface area (Å²) in [6.45, 7) is 3.59. The van der Waals surface area contributed by atoms with E-state index in [4.69, 9.17) is 4.74 Å². The van der Waals surface area contributed by atoms with Crippen LogP contribution in [0.25, 0.3) is 0 Å². The van der Waals surface area contributed by atoms with Gasteiger partial charge in [-0.15, -0.1) is 0 Å². The Balaban J connectivity index is 3.43. The monoisotopic (exact) mass is 202 g/mol. The predicted molar refractivity (Wildman–Crippen MR) is 59.8 cm³/mol. The summed E-state index contributed by atoms with van der Waals surface area (Å²) in [5.74, 6) is 0.824. The van der Waals surface area contributed by atoms with Gasteiger partial charge in [0.25, 0.3) is 0 Å². The van der Waals surface area contributed by atoms with Crippen molar-refractivity contribution in [3.05, 3.63) is 0 Å². The van der Waals surface area contributed by atoms with E-state index in [1.807, 2.05) is 7.05 Å². The largest absolute Gasteiger partial charge is 0.383 e. The second kappa shape index (κ2) is 8.77. The lowest BCUT2D eigenvalue weighted by molar-refractivity contribution is 0.162. The highest BCUT2D eigenvalue weighted by atomic mass is 16.5. The normalized spacial score (nSPS) is 11.9. The maximum absolute atomic E-state index is 4.98. The Morgan fingerprint density at radius 2 is 2.14 bits per heavy atom. The lowest BCUT2D eigenvalue weighted by Gasteiger charge is -2.16. The Kier molecular flexibility index (Phi) is 8.27. The SMILES string of the molecule is CN=C(NC)NCCN(C)CCOC. The Morgan fingerprint density at radius 3 is 2.64 bits per heavy atom. The zero-order chi connectivity index (χ0) is 10.8. The van der Waals surface area contributed by atoms with Gasteiger partial charge in [-0.25, -0.2) is 0 Å². The van der Waals surface area contributed by atoms with Crippen molar-refractivity contribution in [1.29, 1.82) is 0 Å². The molecule has 0 aromatic carbocycles. The number of nitrogens with one attached hydrogen (secondary N) is 2. The van der Waals surface area contributed by atoms with Gasteiger partial charge in [-0.2, -0.15) is 0 Å². The van der Waals surface area contributed by atoms with Crippen molar-refractivity contribution in [3.63, 3.8) is 0 Å². The fourth-order valence-corrected chi connectivity index (χ4v) is 1.00. The molecule has 0 aromatic rings. The quantitative estimate of drug-likeness (QED) is 0.444. The van der Waals surface area contributed by atoms with Crippen LogP contribution in [0.15, 0.2) is 4.99 Å². The summed E-state index contributed by atoms with van der Waals surface area (Å²) in [4.78, 5) is 6.22. The molecule has 0 aliphatic heterocycles. The molecule has 14 heavy (non-hydrogen) atoms. The molecule has 2 N–H and O–H groups in total. The van der Waals surface area contributed by atoms with Crippen LogP contribution in [0, 0.1) is 0 Å². The molecule has 0 unspecified atom stereocenters. The maximum Gasteiger partial charge on any atom is 0.190 e. The van der Waals surface area contributed by atoms with Gasteiger partial charge in [0.05, 0.1) is 6.61 Å². The van der Waals surface area contributed by atoms with Crippen LogP contribution in [-0.4, -0.2) is 65.4 Å². The van der Waals surface area contributed by atoms with Crippen LogP contribution in [0.1, 0.15) is 0 Å². The highest BCUT2D eigenvalue weighted by Gasteiger charge is 1.97. The topological polar surface area (TPSA) is 48.9 Å². The van der Waals surface area contributed by atoms with Crippen molar-refractivity contribution in [2.24, 2.45) is 4.99 Å². The number of hydrogen-bond acceptors (Lipinski definition) is 3. The van der Waals surface area contributed by atoms with Gasteiger partial charge >= 0.3 is 0 Å². The molecule has 0 heterocycles. The molecule has 84 valence electrons. The van der Waals surface area contributed by atoms with Gasteiger partial charge in [-0.1, -0.05) is 0 Å². The van der Waals surface area contributed by atoms with Gasteiger partial charge in [0, 0.05) is 40.8 Å². The Labute approximate surface area is 86.5 Å². The molecule has 0 saturated carbocycles. The fourth-order valence-electron chi connectivity index (χ4n) is 1.00. The molecule has 0 rings (SSSR count). The average Bonchev–Trinajstić information content (AvgIpc) is 2.21. The number of rotatable bonds is 6. The summed E-state index contributed by atoms with van der Waals surface area (Å²) in [7, 11) is 7.40. The van der Waals surface area contributed by atoms with E-state index in [-0.39, 0.29) is 0 Å². The van der Waals surface area contributed by atoms with Crippen LogP contribution in [0.3, 0.4) is 0 Å². The lowest BCUT2D eigenvalue weighted by atomic mass is 10.5. The molecular weight excluding hydrogens is 180 g/mol. The second-order valence-electron chi connectivity index (χ2n) is 3.05. The fraction of sp³-hybridized carbons (Fsp3) is 0.889. The number of aliphatic imine (C=N–C) groups is 1. The molecule has 0 saturated heterocycles. The summed E-state index contributed by atoms with van der Waals surface area (Å²) >= 11 is 0. The standard InChI is InChI=1S/C9H22N4O/c1-10-9(11-2)12-5-6-13(3)7-8-14-4/h5-8H2,1-4H3,(H2,10,11,12). The minimum absolute atomic E-state index is 0.775. The molecule has 0 bridgehead atoms. The zero-order valence-electron chi connectivity index (χ0n) is 9.63.